The summed E-state index contributed by atoms with van der Waals surface area (Å²) in [4.78, 5) is 22.4. The molecule has 0 fully saturated rings. The van der Waals surface area contributed by atoms with Crippen LogP contribution in [-0.2, 0) is 19.4 Å². The molecular formula is C24H24N3OS2+. The molecule has 0 amide bonds. The lowest BCUT2D eigenvalue weighted by Crippen LogP contribution is -3.08. The summed E-state index contributed by atoms with van der Waals surface area (Å²) in [6, 6.07) is 20.4. The van der Waals surface area contributed by atoms with Gasteiger partial charge in [0, 0.05) is 12.2 Å². The van der Waals surface area contributed by atoms with E-state index in [1.54, 1.807) is 23.1 Å². The van der Waals surface area contributed by atoms with Crippen LogP contribution in [-0.4, -0.2) is 28.9 Å². The maximum absolute atomic E-state index is 13.7. The number of nitrogens with one attached hydrogen (secondary N) is 1. The summed E-state index contributed by atoms with van der Waals surface area (Å²) in [5.41, 5.74) is 3.49. The predicted molar refractivity (Wildman–Crippen MR) is 125 cm³/mol. The molecule has 1 aliphatic rings. The predicted octanol–water partition coefficient (Wildman–Crippen LogP) is 3.35. The normalized spacial score (nSPS) is 16.0. The third-order valence-corrected chi connectivity index (χ3v) is 7.69. The minimum atomic E-state index is 0.0745. The number of aromatic nitrogens is 2. The Bertz CT molecular complexity index is 1230. The van der Waals surface area contributed by atoms with E-state index in [1.807, 2.05) is 41.0 Å². The van der Waals surface area contributed by atoms with Crippen LogP contribution in [0.1, 0.15) is 16.0 Å². The number of rotatable bonds is 5. The molecule has 5 rings (SSSR count). The fraction of sp³-hybridized carbons (Fsp3) is 0.250. The Morgan fingerprint density at radius 1 is 1.10 bits per heavy atom. The van der Waals surface area contributed by atoms with Gasteiger partial charge in [0.2, 0.25) is 0 Å². The first-order valence-corrected chi connectivity index (χ1v) is 12.1. The van der Waals surface area contributed by atoms with Crippen molar-refractivity contribution in [2.24, 2.45) is 0 Å². The van der Waals surface area contributed by atoms with Gasteiger partial charge in [-0.05, 0) is 29.7 Å². The van der Waals surface area contributed by atoms with E-state index in [1.165, 1.54) is 20.9 Å². The van der Waals surface area contributed by atoms with Crippen molar-refractivity contribution < 1.29 is 4.90 Å². The van der Waals surface area contributed by atoms with Gasteiger partial charge in [0.15, 0.2) is 5.16 Å². The van der Waals surface area contributed by atoms with E-state index < -0.39 is 0 Å². The topological polar surface area (TPSA) is 39.3 Å². The highest BCUT2D eigenvalue weighted by Gasteiger charge is 2.26. The van der Waals surface area contributed by atoms with Crippen LogP contribution in [0.3, 0.4) is 0 Å². The zero-order chi connectivity index (χ0) is 20.5. The van der Waals surface area contributed by atoms with Crippen LogP contribution >= 0.6 is 23.1 Å². The molecular weight excluding hydrogens is 410 g/mol. The quantitative estimate of drug-likeness (QED) is 0.387. The molecule has 30 heavy (non-hydrogen) atoms. The average Bonchev–Trinajstić information content (AvgIpc) is 3.13. The minimum absolute atomic E-state index is 0.0745. The van der Waals surface area contributed by atoms with Gasteiger partial charge in [-0.25, -0.2) is 4.98 Å². The van der Waals surface area contributed by atoms with Gasteiger partial charge in [0.1, 0.15) is 11.4 Å². The number of quaternary nitrogens is 1. The number of thioether (sulfide) groups is 1. The first kappa shape index (κ1) is 19.5. The number of thiophene rings is 1. The van der Waals surface area contributed by atoms with Crippen molar-refractivity contribution in [3.05, 3.63) is 87.0 Å². The number of likely N-dealkylation sites (N-methyl/N-ethyl adjacent to an activating group) is 1. The van der Waals surface area contributed by atoms with Crippen LogP contribution in [0.5, 0.6) is 0 Å². The Hall–Kier alpha value is -2.41. The molecule has 0 aliphatic carbocycles. The molecule has 4 nitrogen and oxygen atoms in total. The van der Waals surface area contributed by atoms with Gasteiger partial charge in [-0.1, -0.05) is 60.3 Å². The third-order valence-electron chi connectivity index (χ3n) is 5.62. The maximum Gasteiger partial charge on any atom is 0.267 e. The van der Waals surface area contributed by atoms with Crippen LogP contribution in [0.4, 0.5) is 0 Å². The summed E-state index contributed by atoms with van der Waals surface area (Å²) in [7, 11) is 2.22. The van der Waals surface area contributed by atoms with Gasteiger partial charge < -0.3 is 4.90 Å². The van der Waals surface area contributed by atoms with Gasteiger partial charge in [-0.15, -0.1) is 11.3 Å². The van der Waals surface area contributed by atoms with E-state index in [9.17, 15) is 4.79 Å². The molecule has 0 bridgehead atoms. The van der Waals surface area contributed by atoms with Gasteiger partial charge in [0.05, 0.1) is 29.5 Å². The van der Waals surface area contributed by atoms with Crippen molar-refractivity contribution >= 4 is 33.3 Å². The van der Waals surface area contributed by atoms with Crippen molar-refractivity contribution in [2.75, 3.05) is 19.3 Å². The highest BCUT2D eigenvalue weighted by atomic mass is 32.2. The van der Waals surface area contributed by atoms with Gasteiger partial charge >= 0.3 is 0 Å². The highest BCUT2D eigenvalue weighted by molar-refractivity contribution is 7.99. The SMILES string of the molecule is C[NH+]1CCc2c(sc3nc(SCCc4ccccc4)n(-c4ccccc4)c(=O)c23)C1. The van der Waals surface area contributed by atoms with E-state index in [0.717, 1.165) is 52.7 Å². The van der Waals surface area contributed by atoms with E-state index >= 15 is 0 Å². The fourth-order valence-electron chi connectivity index (χ4n) is 4.05. The van der Waals surface area contributed by atoms with Crippen LogP contribution in [0.25, 0.3) is 15.9 Å². The number of fused-ring (bicyclic) bond motifs is 3. The summed E-state index contributed by atoms with van der Waals surface area (Å²) in [6.45, 7) is 2.05. The average molecular weight is 435 g/mol. The van der Waals surface area contributed by atoms with Gasteiger partial charge in [-0.2, -0.15) is 0 Å². The first-order valence-electron chi connectivity index (χ1n) is 10.3. The monoisotopic (exact) mass is 434 g/mol. The number of para-hydroxylation sites is 1. The Balaban J connectivity index is 1.58. The first-order chi connectivity index (χ1) is 14.7. The Morgan fingerprint density at radius 3 is 2.60 bits per heavy atom. The molecule has 0 saturated carbocycles. The molecule has 1 N–H and O–H groups in total. The summed E-state index contributed by atoms with van der Waals surface area (Å²) in [5.74, 6) is 0.882. The summed E-state index contributed by atoms with van der Waals surface area (Å²) in [5, 5.41) is 1.62. The highest BCUT2D eigenvalue weighted by Crippen LogP contribution is 2.31. The summed E-state index contributed by atoms with van der Waals surface area (Å²) >= 11 is 3.37. The molecule has 6 heteroatoms. The second-order valence-corrected chi connectivity index (χ2v) is 9.92. The molecule has 2 aromatic carbocycles. The van der Waals surface area contributed by atoms with Crippen LogP contribution in [0.2, 0.25) is 0 Å². The molecule has 152 valence electrons. The molecule has 4 aromatic rings. The van der Waals surface area contributed by atoms with Crippen molar-refractivity contribution in [3.63, 3.8) is 0 Å². The Labute approximate surface area is 184 Å². The van der Waals surface area contributed by atoms with Crippen LogP contribution in [0.15, 0.2) is 70.6 Å². The van der Waals surface area contributed by atoms with Crippen LogP contribution < -0.4 is 10.5 Å². The van der Waals surface area contributed by atoms with Crippen LogP contribution in [0, 0.1) is 0 Å². The minimum Gasteiger partial charge on any atom is -0.333 e. The molecule has 0 radical (unpaired) electrons. The fourth-order valence-corrected chi connectivity index (χ4v) is 6.42. The number of aryl methyl sites for hydroxylation is 1. The lowest BCUT2D eigenvalue weighted by atomic mass is 10.1. The molecule has 2 aromatic heterocycles. The molecule has 0 saturated heterocycles. The molecule has 1 atom stereocenters. The summed E-state index contributed by atoms with van der Waals surface area (Å²) < 4.78 is 1.82. The largest absolute Gasteiger partial charge is 0.333 e. The van der Waals surface area contributed by atoms with E-state index in [2.05, 4.69) is 31.3 Å². The molecule has 0 spiro atoms. The second-order valence-electron chi connectivity index (χ2n) is 7.77. The number of benzene rings is 2. The molecule has 1 aliphatic heterocycles. The standard InChI is InChI=1S/C24H23N3OS2/c1-26-14-12-19-20(16-26)30-22-21(19)23(28)27(18-10-6-3-7-11-18)24(25-22)29-15-13-17-8-4-2-5-9-17/h2-11H,12-16H2,1H3/p+1. The maximum atomic E-state index is 13.7. The Kier molecular flexibility index (Phi) is 5.46. The van der Waals surface area contributed by atoms with Crippen molar-refractivity contribution in [3.8, 4) is 5.69 Å². The molecule has 1 unspecified atom stereocenters. The third kappa shape index (κ3) is 3.71. The van der Waals surface area contributed by atoms with E-state index in [-0.39, 0.29) is 5.56 Å². The van der Waals surface area contributed by atoms with Crippen molar-refractivity contribution in [1.29, 1.82) is 0 Å². The lowest BCUT2D eigenvalue weighted by molar-refractivity contribution is -0.895. The Morgan fingerprint density at radius 2 is 1.83 bits per heavy atom. The second kappa shape index (κ2) is 8.38. The summed E-state index contributed by atoms with van der Waals surface area (Å²) in [6.07, 6.45) is 1.90. The van der Waals surface area contributed by atoms with Gasteiger partial charge in [0.25, 0.3) is 5.56 Å². The number of hydrogen-bond donors (Lipinski definition) is 1. The number of hydrogen-bond acceptors (Lipinski definition) is 4. The van der Waals surface area contributed by atoms with Crippen molar-refractivity contribution in [1.82, 2.24) is 9.55 Å². The van der Waals surface area contributed by atoms with E-state index in [4.69, 9.17) is 4.98 Å². The van der Waals surface area contributed by atoms with Crippen molar-refractivity contribution in [2.45, 2.75) is 24.5 Å². The lowest BCUT2D eigenvalue weighted by Gasteiger charge is -2.19. The van der Waals surface area contributed by atoms with E-state index in [0.29, 0.717) is 0 Å². The zero-order valence-electron chi connectivity index (χ0n) is 16.9. The molecule has 3 heterocycles. The zero-order valence-corrected chi connectivity index (χ0v) is 18.6. The number of nitrogens with zero attached hydrogens (tertiary/aromatic N) is 2. The smallest absolute Gasteiger partial charge is 0.267 e. The van der Waals surface area contributed by atoms with Gasteiger partial charge in [-0.3, -0.25) is 9.36 Å².